The van der Waals surface area contributed by atoms with Gasteiger partial charge in [0.1, 0.15) is 5.92 Å². The maximum Gasteiger partial charge on any atom is 0.239 e. The van der Waals surface area contributed by atoms with Crippen LogP contribution < -0.4 is 4.90 Å². The van der Waals surface area contributed by atoms with Crippen molar-refractivity contribution >= 4 is 17.5 Å². The summed E-state index contributed by atoms with van der Waals surface area (Å²) in [5, 5.41) is 0. The second kappa shape index (κ2) is 9.00. The summed E-state index contributed by atoms with van der Waals surface area (Å²) in [6, 6.07) is 16.5. The lowest BCUT2D eigenvalue weighted by molar-refractivity contribution is -0.139. The molecule has 1 unspecified atom stereocenters. The van der Waals surface area contributed by atoms with Gasteiger partial charge in [-0.15, -0.1) is 0 Å². The zero-order valence-corrected chi connectivity index (χ0v) is 18.0. The normalized spacial score (nSPS) is 20.5. The molecule has 2 aliphatic rings. The van der Waals surface area contributed by atoms with E-state index >= 15 is 0 Å². The molecule has 5 nitrogen and oxygen atoms in total. The lowest BCUT2D eigenvalue weighted by atomic mass is 10.1. The fourth-order valence-electron chi connectivity index (χ4n) is 4.47. The van der Waals surface area contributed by atoms with Crippen LogP contribution in [0.5, 0.6) is 0 Å². The van der Waals surface area contributed by atoms with Gasteiger partial charge in [-0.1, -0.05) is 36.4 Å². The molecule has 2 heterocycles. The van der Waals surface area contributed by atoms with Gasteiger partial charge in [-0.2, -0.15) is 0 Å². The molecule has 2 fully saturated rings. The van der Waals surface area contributed by atoms with E-state index in [1.807, 2.05) is 29.2 Å². The minimum atomic E-state index is -0.535. The molecule has 0 radical (unpaired) electrons. The van der Waals surface area contributed by atoms with Gasteiger partial charge in [-0.3, -0.25) is 14.5 Å². The van der Waals surface area contributed by atoms with Crippen LogP contribution in [-0.4, -0.2) is 54.3 Å². The summed E-state index contributed by atoms with van der Waals surface area (Å²) < 4.78 is 0. The highest BCUT2D eigenvalue weighted by molar-refractivity contribution is 6.09. The Bertz CT molecular complexity index is 912. The van der Waals surface area contributed by atoms with E-state index in [0.29, 0.717) is 19.5 Å². The highest BCUT2D eigenvalue weighted by Gasteiger charge is 2.40. The molecule has 0 aliphatic carbocycles. The van der Waals surface area contributed by atoms with Gasteiger partial charge in [0.2, 0.25) is 11.8 Å². The number of hydrogen-bond donors (Lipinski definition) is 0. The summed E-state index contributed by atoms with van der Waals surface area (Å²) >= 11 is 0. The molecule has 2 aromatic carbocycles. The Hall–Kier alpha value is -2.66. The Morgan fingerprint density at radius 2 is 1.73 bits per heavy atom. The van der Waals surface area contributed by atoms with Crippen LogP contribution in [0.1, 0.15) is 29.5 Å². The lowest BCUT2D eigenvalue weighted by Crippen LogP contribution is -2.42. The van der Waals surface area contributed by atoms with E-state index in [2.05, 4.69) is 43.0 Å². The van der Waals surface area contributed by atoms with E-state index in [0.717, 1.165) is 38.3 Å². The number of amides is 2. The van der Waals surface area contributed by atoms with Crippen LogP contribution in [0, 0.1) is 19.8 Å². The minimum Gasteiger partial charge on any atom is -0.341 e. The van der Waals surface area contributed by atoms with Crippen molar-refractivity contribution in [3.63, 3.8) is 0 Å². The van der Waals surface area contributed by atoms with Crippen LogP contribution in [0.3, 0.4) is 0 Å². The van der Waals surface area contributed by atoms with Crippen LogP contribution in [0.2, 0.25) is 0 Å². The zero-order valence-electron chi connectivity index (χ0n) is 18.0. The Balaban J connectivity index is 1.37. The number of anilines is 1. The third-order valence-corrected chi connectivity index (χ3v) is 6.45. The van der Waals surface area contributed by atoms with E-state index < -0.39 is 5.92 Å². The molecule has 0 aromatic heterocycles. The van der Waals surface area contributed by atoms with Gasteiger partial charge in [0, 0.05) is 45.0 Å². The molecule has 1 atom stereocenters. The smallest absolute Gasteiger partial charge is 0.239 e. The molecular weight excluding hydrogens is 374 g/mol. The minimum absolute atomic E-state index is 0.00731. The Labute approximate surface area is 179 Å². The molecule has 0 bridgehead atoms. The number of benzene rings is 2. The van der Waals surface area contributed by atoms with E-state index in [-0.39, 0.29) is 11.8 Å². The summed E-state index contributed by atoms with van der Waals surface area (Å²) in [6.07, 6.45) is 1.55. The van der Waals surface area contributed by atoms with Crippen molar-refractivity contribution in [2.75, 3.05) is 37.6 Å². The summed E-state index contributed by atoms with van der Waals surface area (Å²) in [5.74, 6) is -0.575. The number of aryl methyl sites for hydroxylation is 2. The average Bonchev–Trinajstić information content (AvgIpc) is 2.98. The Morgan fingerprint density at radius 3 is 2.50 bits per heavy atom. The molecule has 2 aromatic rings. The molecule has 0 N–H and O–H groups in total. The average molecular weight is 406 g/mol. The summed E-state index contributed by atoms with van der Waals surface area (Å²) in [4.78, 5) is 32.3. The van der Waals surface area contributed by atoms with E-state index in [4.69, 9.17) is 0 Å². The highest BCUT2D eigenvalue weighted by atomic mass is 16.2. The predicted molar refractivity (Wildman–Crippen MR) is 119 cm³/mol. The van der Waals surface area contributed by atoms with Gasteiger partial charge in [-0.25, -0.2) is 0 Å². The molecule has 0 spiro atoms. The van der Waals surface area contributed by atoms with Crippen molar-refractivity contribution < 1.29 is 9.59 Å². The number of hydrogen-bond acceptors (Lipinski definition) is 3. The van der Waals surface area contributed by atoms with Crippen molar-refractivity contribution in [1.29, 1.82) is 0 Å². The molecule has 2 aliphatic heterocycles. The first-order valence-corrected chi connectivity index (χ1v) is 11.0. The lowest BCUT2D eigenvalue weighted by Gasteiger charge is -2.24. The van der Waals surface area contributed by atoms with Gasteiger partial charge < -0.3 is 9.80 Å². The van der Waals surface area contributed by atoms with Crippen LogP contribution in [0.15, 0.2) is 48.5 Å². The molecule has 0 saturated carbocycles. The van der Waals surface area contributed by atoms with Gasteiger partial charge >= 0.3 is 0 Å². The van der Waals surface area contributed by atoms with Crippen LogP contribution in [0.25, 0.3) is 0 Å². The van der Waals surface area contributed by atoms with Crippen molar-refractivity contribution in [2.45, 2.75) is 33.2 Å². The first kappa shape index (κ1) is 20.6. The predicted octanol–water partition coefficient (Wildman–Crippen LogP) is 3.39. The molecule has 2 saturated heterocycles. The standard InChI is InChI=1S/C25H31N3O2/c1-19-9-10-22(17-20(19)2)28-14-11-23(25(28)30)24(29)27-13-6-12-26(15-16-27)18-21-7-4-3-5-8-21/h3-5,7-10,17,23H,6,11-16,18H2,1-2H3. The molecule has 5 heteroatoms. The maximum atomic E-state index is 13.2. The molecule has 30 heavy (non-hydrogen) atoms. The van der Waals surface area contributed by atoms with Gasteiger partial charge in [0.25, 0.3) is 0 Å². The number of nitrogens with zero attached hydrogens (tertiary/aromatic N) is 3. The van der Waals surface area contributed by atoms with Crippen LogP contribution >= 0.6 is 0 Å². The summed E-state index contributed by atoms with van der Waals surface area (Å²) in [5.41, 5.74) is 4.58. The van der Waals surface area contributed by atoms with Crippen molar-refractivity contribution in [3.05, 3.63) is 65.2 Å². The zero-order chi connectivity index (χ0) is 21.1. The summed E-state index contributed by atoms with van der Waals surface area (Å²) in [6.45, 7) is 8.90. The number of carbonyl (C=O) groups is 2. The topological polar surface area (TPSA) is 43.9 Å². The van der Waals surface area contributed by atoms with Gasteiger partial charge in [0.05, 0.1) is 0 Å². The third kappa shape index (κ3) is 4.41. The fourth-order valence-corrected chi connectivity index (χ4v) is 4.47. The second-order valence-corrected chi connectivity index (χ2v) is 8.54. The highest BCUT2D eigenvalue weighted by Crippen LogP contribution is 2.28. The van der Waals surface area contributed by atoms with E-state index in [9.17, 15) is 9.59 Å². The largest absolute Gasteiger partial charge is 0.341 e. The molecule has 158 valence electrons. The third-order valence-electron chi connectivity index (χ3n) is 6.45. The maximum absolute atomic E-state index is 13.2. The number of carbonyl (C=O) groups excluding carboxylic acids is 2. The van der Waals surface area contributed by atoms with Crippen molar-refractivity contribution in [2.24, 2.45) is 5.92 Å². The Morgan fingerprint density at radius 1 is 0.933 bits per heavy atom. The molecular formula is C25H31N3O2. The quantitative estimate of drug-likeness (QED) is 0.733. The first-order valence-electron chi connectivity index (χ1n) is 11.0. The summed E-state index contributed by atoms with van der Waals surface area (Å²) in [7, 11) is 0. The van der Waals surface area contributed by atoms with Crippen LogP contribution in [0.4, 0.5) is 5.69 Å². The molecule has 4 rings (SSSR count). The Kier molecular flexibility index (Phi) is 6.18. The van der Waals surface area contributed by atoms with Crippen molar-refractivity contribution in [1.82, 2.24) is 9.80 Å². The van der Waals surface area contributed by atoms with Crippen molar-refractivity contribution in [3.8, 4) is 0 Å². The monoisotopic (exact) mass is 405 g/mol. The van der Waals surface area contributed by atoms with Gasteiger partial charge in [-0.05, 0) is 55.5 Å². The van der Waals surface area contributed by atoms with E-state index in [1.54, 1.807) is 4.90 Å². The first-order chi connectivity index (χ1) is 14.5. The van der Waals surface area contributed by atoms with Gasteiger partial charge in [0.15, 0.2) is 0 Å². The molecule has 2 amide bonds. The van der Waals surface area contributed by atoms with Crippen LogP contribution in [-0.2, 0) is 16.1 Å². The SMILES string of the molecule is Cc1ccc(N2CCC(C(=O)N3CCCN(Cc4ccccc4)CC3)C2=O)cc1C. The number of rotatable bonds is 4. The second-order valence-electron chi connectivity index (χ2n) is 8.54. The fraction of sp³-hybridized carbons (Fsp3) is 0.440. The van der Waals surface area contributed by atoms with E-state index in [1.165, 1.54) is 16.7 Å².